The number of aliphatic hydroxyl groups is 1. The van der Waals surface area contributed by atoms with Crippen LogP contribution in [-0.2, 0) is 5.41 Å². The molecular formula is C13H16FNO. The molecule has 0 atom stereocenters. The zero-order chi connectivity index (χ0) is 11.6. The van der Waals surface area contributed by atoms with Crippen LogP contribution in [0.25, 0.3) is 0 Å². The fraction of sp³-hybridized carbons (Fsp3) is 0.462. The van der Waals surface area contributed by atoms with Crippen molar-refractivity contribution in [1.29, 1.82) is 5.41 Å². The van der Waals surface area contributed by atoms with Crippen molar-refractivity contribution in [3.8, 4) is 0 Å². The molecule has 2 rings (SSSR count). The lowest BCUT2D eigenvalue weighted by Gasteiger charge is -2.36. The Morgan fingerprint density at radius 1 is 1.25 bits per heavy atom. The maximum absolute atomic E-state index is 12.8. The fourth-order valence-corrected chi connectivity index (χ4v) is 2.42. The van der Waals surface area contributed by atoms with E-state index in [9.17, 15) is 9.50 Å². The zero-order valence-corrected chi connectivity index (χ0v) is 9.12. The van der Waals surface area contributed by atoms with E-state index in [0.717, 1.165) is 18.4 Å². The highest BCUT2D eigenvalue weighted by atomic mass is 19.1. The third kappa shape index (κ3) is 2.00. The van der Waals surface area contributed by atoms with Gasteiger partial charge in [0.05, 0.1) is 6.10 Å². The van der Waals surface area contributed by atoms with Gasteiger partial charge in [-0.3, -0.25) is 0 Å². The van der Waals surface area contributed by atoms with Crippen LogP contribution >= 0.6 is 0 Å². The molecule has 0 bridgehead atoms. The number of hydrogen-bond acceptors (Lipinski definition) is 2. The molecule has 3 heteroatoms. The Kier molecular flexibility index (Phi) is 3.06. The maximum Gasteiger partial charge on any atom is 0.123 e. The minimum absolute atomic E-state index is 0.242. The molecule has 2 N–H and O–H groups in total. The summed E-state index contributed by atoms with van der Waals surface area (Å²) in [7, 11) is 0. The molecular weight excluding hydrogens is 205 g/mol. The van der Waals surface area contributed by atoms with Gasteiger partial charge in [-0.15, -0.1) is 0 Å². The molecule has 1 aromatic rings. The fourth-order valence-electron chi connectivity index (χ4n) is 2.42. The molecule has 0 aliphatic heterocycles. The Labute approximate surface area is 94.6 Å². The van der Waals surface area contributed by atoms with Crippen molar-refractivity contribution in [2.45, 2.75) is 37.2 Å². The first-order valence-corrected chi connectivity index (χ1v) is 5.62. The molecule has 16 heavy (non-hydrogen) atoms. The van der Waals surface area contributed by atoms with E-state index in [4.69, 9.17) is 5.41 Å². The average Bonchev–Trinajstić information content (AvgIpc) is 2.32. The van der Waals surface area contributed by atoms with E-state index < -0.39 is 0 Å². The van der Waals surface area contributed by atoms with Crippen molar-refractivity contribution >= 4 is 6.21 Å². The molecule has 1 fully saturated rings. The highest BCUT2D eigenvalue weighted by Gasteiger charge is 2.34. The third-order valence-electron chi connectivity index (χ3n) is 3.54. The van der Waals surface area contributed by atoms with Gasteiger partial charge in [0.15, 0.2) is 0 Å². The summed E-state index contributed by atoms with van der Waals surface area (Å²) in [4.78, 5) is 0. The van der Waals surface area contributed by atoms with Crippen molar-refractivity contribution in [3.63, 3.8) is 0 Å². The van der Waals surface area contributed by atoms with Gasteiger partial charge in [-0.05, 0) is 43.4 Å². The second kappa shape index (κ2) is 4.34. The number of hydrogen-bond donors (Lipinski definition) is 2. The van der Waals surface area contributed by atoms with Crippen LogP contribution in [0.1, 0.15) is 31.2 Å². The van der Waals surface area contributed by atoms with Gasteiger partial charge in [-0.2, -0.15) is 0 Å². The summed E-state index contributed by atoms with van der Waals surface area (Å²) in [6.45, 7) is 0. The van der Waals surface area contributed by atoms with Crippen molar-refractivity contribution in [3.05, 3.63) is 35.6 Å². The Morgan fingerprint density at radius 2 is 1.81 bits per heavy atom. The van der Waals surface area contributed by atoms with Gasteiger partial charge in [-0.25, -0.2) is 4.39 Å². The molecule has 0 radical (unpaired) electrons. The zero-order valence-electron chi connectivity index (χ0n) is 9.12. The van der Waals surface area contributed by atoms with Crippen LogP contribution < -0.4 is 0 Å². The number of rotatable bonds is 2. The van der Waals surface area contributed by atoms with Crippen LogP contribution in [-0.4, -0.2) is 17.4 Å². The van der Waals surface area contributed by atoms with Gasteiger partial charge in [0.1, 0.15) is 5.82 Å². The van der Waals surface area contributed by atoms with Crippen molar-refractivity contribution in [2.24, 2.45) is 0 Å². The first kappa shape index (κ1) is 11.3. The highest BCUT2D eigenvalue weighted by molar-refractivity contribution is 5.71. The summed E-state index contributed by atoms with van der Waals surface area (Å²) < 4.78 is 12.8. The molecule has 0 unspecified atom stereocenters. The van der Waals surface area contributed by atoms with Crippen molar-refractivity contribution < 1.29 is 9.50 Å². The molecule has 1 aromatic carbocycles. The van der Waals surface area contributed by atoms with Crippen LogP contribution in [0.5, 0.6) is 0 Å². The van der Waals surface area contributed by atoms with Gasteiger partial charge in [0, 0.05) is 11.6 Å². The number of nitrogens with one attached hydrogen (secondary N) is 1. The smallest absolute Gasteiger partial charge is 0.123 e. The number of halogens is 1. The lowest BCUT2D eigenvalue weighted by atomic mass is 9.69. The normalized spacial score (nSPS) is 30.0. The molecule has 0 aromatic heterocycles. The van der Waals surface area contributed by atoms with Gasteiger partial charge in [0.2, 0.25) is 0 Å². The summed E-state index contributed by atoms with van der Waals surface area (Å²) >= 11 is 0. The second-order valence-electron chi connectivity index (χ2n) is 4.54. The van der Waals surface area contributed by atoms with Crippen LogP contribution in [0.2, 0.25) is 0 Å². The molecule has 86 valence electrons. The van der Waals surface area contributed by atoms with Crippen molar-refractivity contribution in [1.82, 2.24) is 0 Å². The topological polar surface area (TPSA) is 44.1 Å². The van der Waals surface area contributed by atoms with Gasteiger partial charge < -0.3 is 10.5 Å². The van der Waals surface area contributed by atoms with Gasteiger partial charge in [0.25, 0.3) is 0 Å². The van der Waals surface area contributed by atoms with E-state index in [1.54, 1.807) is 12.1 Å². The highest BCUT2D eigenvalue weighted by Crippen LogP contribution is 2.37. The largest absolute Gasteiger partial charge is 0.393 e. The Bertz CT molecular complexity index is 366. The van der Waals surface area contributed by atoms with Crippen LogP contribution in [0.4, 0.5) is 4.39 Å². The maximum atomic E-state index is 12.8. The number of benzene rings is 1. The Hall–Kier alpha value is -1.22. The van der Waals surface area contributed by atoms with Crippen LogP contribution in [0.15, 0.2) is 24.3 Å². The van der Waals surface area contributed by atoms with Crippen LogP contribution in [0, 0.1) is 11.2 Å². The average molecular weight is 221 g/mol. The molecule has 1 aliphatic rings. The van der Waals surface area contributed by atoms with E-state index in [1.165, 1.54) is 18.3 Å². The van der Waals surface area contributed by atoms with Crippen LogP contribution in [0.3, 0.4) is 0 Å². The van der Waals surface area contributed by atoms with E-state index in [0.29, 0.717) is 12.8 Å². The van der Waals surface area contributed by atoms with Crippen molar-refractivity contribution in [2.75, 3.05) is 0 Å². The molecule has 1 saturated carbocycles. The minimum Gasteiger partial charge on any atom is -0.393 e. The van der Waals surface area contributed by atoms with Gasteiger partial charge in [-0.1, -0.05) is 12.1 Å². The standard InChI is InChI=1S/C13H16FNO/c14-11-3-1-10(2-4-11)13(9-15)7-5-12(16)6-8-13/h1-4,9,12,15-16H,5-8H2/t12-,13-. The molecule has 0 saturated heterocycles. The van der Waals surface area contributed by atoms with E-state index in [2.05, 4.69) is 0 Å². The first-order chi connectivity index (χ1) is 7.66. The third-order valence-corrected chi connectivity index (χ3v) is 3.54. The molecule has 2 nitrogen and oxygen atoms in total. The minimum atomic E-state index is -0.299. The Balaban J connectivity index is 2.27. The number of aliphatic hydroxyl groups excluding tert-OH is 1. The molecule has 0 heterocycles. The predicted octanol–water partition coefficient (Wildman–Crippen LogP) is 2.65. The summed E-state index contributed by atoms with van der Waals surface area (Å²) in [6, 6.07) is 6.37. The summed E-state index contributed by atoms with van der Waals surface area (Å²) in [6.07, 6.45) is 4.17. The predicted molar refractivity (Wildman–Crippen MR) is 61.3 cm³/mol. The monoisotopic (exact) mass is 221 g/mol. The molecule has 0 spiro atoms. The first-order valence-electron chi connectivity index (χ1n) is 5.62. The van der Waals surface area contributed by atoms with E-state index in [1.807, 2.05) is 0 Å². The Morgan fingerprint density at radius 3 is 2.31 bits per heavy atom. The summed E-state index contributed by atoms with van der Waals surface area (Å²) in [5.41, 5.74) is 0.684. The quantitative estimate of drug-likeness (QED) is 0.741. The SMILES string of the molecule is N=C[C@]1(c2ccc(F)cc2)CC[C@H](O)CC1. The van der Waals surface area contributed by atoms with E-state index >= 15 is 0 Å². The summed E-state index contributed by atoms with van der Waals surface area (Å²) in [5, 5.41) is 17.1. The van der Waals surface area contributed by atoms with Gasteiger partial charge >= 0.3 is 0 Å². The second-order valence-corrected chi connectivity index (χ2v) is 4.54. The lowest BCUT2D eigenvalue weighted by molar-refractivity contribution is 0.113. The molecule has 1 aliphatic carbocycles. The lowest BCUT2D eigenvalue weighted by Crippen LogP contribution is -2.34. The van der Waals surface area contributed by atoms with E-state index in [-0.39, 0.29) is 17.3 Å². The summed E-state index contributed by atoms with van der Waals surface area (Å²) in [5.74, 6) is -0.250. The molecule has 0 amide bonds.